The predicted octanol–water partition coefficient (Wildman–Crippen LogP) is 6.52. The van der Waals surface area contributed by atoms with Crippen LogP contribution in [0.4, 0.5) is 4.39 Å². The number of benzene rings is 3. The van der Waals surface area contributed by atoms with E-state index in [4.69, 9.17) is 24.3 Å². The van der Waals surface area contributed by atoms with Gasteiger partial charge in [0.2, 0.25) is 0 Å². The van der Waals surface area contributed by atoms with Crippen molar-refractivity contribution in [2.24, 2.45) is 0 Å². The molecule has 0 aliphatic carbocycles. The molecule has 0 fully saturated rings. The van der Waals surface area contributed by atoms with Crippen molar-refractivity contribution in [2.75, 3.05) is 13.7 Å². The number of hydrogen-bond donors (Lipinski definition) is 1. The van der Waals surface area contributed by atoms with Gasteiger partial charge < -0.3 is 19.3 Å². The zero-order chi connectivity index (χ0) is 26.6. The zero-order valence-corrected chi connectivity index (χ0v) is 21.4. The number of thiazole rings is 1. The number of fused-ring (bicyclic) bond motifs is 1. The molecule has 0 unspecified atom stereocenters. The third kappa shape index (κ3) is 5.42. The molecule has 38 heavy (non-hydrogen) atoms. The Labute approximate surface area is 222 Å². The molecule has 9 heteroatoms. The summed E-state index contributed by atoms with van der Waals surface area (Å²) < 4.78 is 30.9. The van der Waals surface area contributed by atoms with E-state index in [0.717, 1.165) is 26.9 Å². The Morgan fingerprint density at radius 2 is 1.82 bits per heavy atom. The van der Waals surface area contributed by atoms with Gasteiger partial charge in [-0.05, 0) is 61.0 Å². The van der Waals surface area contributed by atoms with E-state index in [1.165, 1.54) is 24.5 Å². The SMILES string of the molecule is COc1ccc(-c2nc(COc3ccc(OCC(=O)O)c(C)c3)sc2-c2cnc3ccccc3c2)cc1F. The number of aryl methyl sites for hydroxylation is 1. The Morgan fingerprint density at radius 1 is 1.00 bits per heavy atom. The van der Waals surface area contributed by atoms with Gasteiger partial charge in [-0.25, -0.2) is 14.2 Å². The van der Waals surface area contributed by atoms with Gasteiger partial charge in [0, 0.05) is 22.7 Å². The minimum atomic E-state index is -1.04. The molecule has 0 amide bonds. The van der Waals surface area contributed by atoms with Crippen LogP contribution in [0.2, 0.25) is 0 Å². The molecule has 5 rings (SSSR count). The van der Waals surface area contributed by atoms with Crippen LogP contribution >= 0.6 is 11.3 Å². The van der Waals surface area contributed by atoms with Crippen molar-refractivity contribution in [3.63, 3.8) is 0 Å². The van der Waals surface area contributed by atoms with E-state index < -0.39 is 18.4 Å². The molecule has 2 aromatic heterocycles. The van der Waals surface area contributed by atoms with Gasteiger partial charge in [0.15, 0.2) is 18.2 Å². The number of rotatable bonds is 9. The minimum Gasteiger partial charge on any atom is -0.494 e. The van der Waals surface area contributed by atoms with Crippen LogP contribution in [0.1, 0.15) is 10.6 Å². The third-order valence-electron chi connectivity index (χ3n) is 5.81. The van der Waals surface area contributed by atoms with Gasteiger partial charge in [-0.2, -0.15) is 0 Å². The summed E-state index contributed by atoms with van der Waals surface area (Å²) in [6, 6.07) is 19.8. The van der Waals surface area contributed by atoms with Crippen molar-refractivity contribution in [3.8, 4) is 38.9 Å². The Morgan fingerprint density at radius 3 is 2.58 bits per heavy atom. The first-order valence-electron chi connectivity index (χ1n) is 11.7. The molecule has 0 radical (unpaired) electrons. The van der Waals surface area contributed by atoms with Crippen molar-refractivity contribution in [3.05, 3.63) is 89.3 Å². The number of methoxy groups -OCH3 is 1. The Hall–Kier alpha value is -4.50. The number of nitrogens with zero attached hydrogens (tertiary/aromatic N) is 2. The van der Waals surface area contributed by atoms with Crippen LogP contribution in [0, 0.1) is 12.7 Å². The number of para-hydroxylation sites is 1. The van der Waals surface area contributed by atoms with Crippen LogP contribution in [-0.4, -0.2) is 34.8 Å². The van der Waals surface area contributed by atoms with Gasteiger partial charge in [-0.15, -0.1) is 11.3 Å². The molecule has 0 saturated carbocycles. The monoisotopic (exact) mass is 530 g/mol. The molecule has 0 atom stereocenters. The molecule has 0 aliphatic rings. The average molecular weight is 531 g/mol. The van der Waals surface area contributed by atoms with Gasteiger partial charge in [0.25, 0.3) is 0 Å². The second-order valence-electron chi connectivity index (χ2n) is 8.45. The molecule has 0 bridgehead atoms. The summed E-state index contributed by atoms with van der Waals surface area (Å²) in [7, 11) is 1.43. The number of hydrogen-bond acceptors (Lipinski definition) is 7. The summed E-state index contributed by atoms with van der Waals surface area (Å²) >= 11 is 1.45. The van der Waals surface area contributed by atoms with Gasteiger partial charge >= 0.3 is 5.97 Å². The maximum absolute atomic E-state index is 14.6. The molecule has 192 valence electrons. The fourth-order valence-electron chi connectivity index (χ4n) is 3.98. The number of aliphatic carboxylic acids is 1. The molecule has 1 N–H and O–H groups in total. The van der Waals surface area contributed by atoms with E-state index in [2.05, 4.69) is 4.98 Å². The smallest absolute Gasteiger partial charge is 0.341 e. The van der Waals surface area contributed by atoms with Gasteiger partial charge in [-0.1, -0.05) is 18.2 Å². The van der Waals surface area contributed by atoms with E-state index in [1.54, 1.807) is 36.5 Å². The lowest BCUT2D eigenvalue weighted by Gasteiger charge is -2.09. The second kappa shape index (κ2) is 10.9. The van der Waals surface area contributed by atoms with E-state index >= 15 is 0 Å². The van der Waals surface area contributed by atoms with Crippen LogP contribution < -0.4 is 14.2 Å². The van der Waals surface area contributed by atoms with Crippen LogP contribution in [0.3, 0.4) is 0 Å². The van der Waals surface area contributed by atoms with Crippen molar-refractivity contribution in [2.45, 2.75) is 13.5 Å². The standard InChI is InChI=1S/C29H23FN2O5S/c1-17-11-21(8-10-24(17)37-16-27(33)34)36-15-26-32-28(19-7-9-25(35-2)22(30)13-19)29(38-26)20-12-18-5-3-4-6-23(18)31-14-20/h3-14H,15-16H2,1-2H3,(H,33,34). The first-order chi connectivity index (χ1) is 18.4. The Bertz CT molecular complexity index is 1640. The molecule has 0 saturated heterocycles. The highest BCUT2D eigenvalue weighted by molar-refractivity contribution is 7.15. The van der Waals surface area contributed by atoms with Crippen LogP contribution in [-0.2, 0) is 11.4 Å². The molecule has 3 aromatic carbocycles. The van der Waals surface area contributed by atoms with E-state index in [1.807, 2.05) is 37.3 Å². The summed E-state index contributed by atoms with van der Waals surface area (Å²) in [4.78, 5) is 21.0. The van der Waals surface area contributed by atoms with E-state index in [9.17, 15) is 9.18 Å². The molecule has 0 aliphatic heterocycles. The first-order valence-corrected chi connectivity index (χ1v) is 12.5. The lowest BCUT2D eigenvalue weighted by atomic mass is 10.1. The highest BCUT2D eigenvalue weighted by Crippen LogP contribution is 2.39. The van der Waals surface area contributed by atoms with E-state index in [0.29, 0.717) is 27.8 Å². The first kappa shape index (κ1) is 25.2. The highest BCUT2D eigenvalue weighted by atomic mass is 32.1. The summed E-state index contributed by atoms with van der Waals surface area (Å²) in [5.74, 6) is -0.291. The maximum atomic E-state index is 14.6. The summed E-state index contributed by atoms with van der Waals surface area (Å²) in [5, 5.41) is 10.5. The fourth-order valence-corrected chi connectivity index (χ4v) is 4.96. The van der Waals surface area contributed by atoms with Gasteiger partial charge in [0.1, 0.15) is 23.1 Å². The van der Waals surface area contributed by atoms with Gasteiger partial charge in [0.05, 0.1) is 23.2 Å². The summed E-state index contributed by atoms with van der Waals surface area (Å²) in [5.41, 5.74) is 3.74. The van der Waals surface area contributed by atoms with Crippen molar-refractivity contribution in [1.82, 2.24) is 9.97 Å². The van der Waals surface area contributed by atoms with Crippen LogP contribution in [0.25, 0.3) is 32.6 Å². The number of halogens is 1. The van der Waals surface area contributed by atoms with Gasteiger partial charge in [-0.3, -0.25) is 4.98 Å². The maximum Gasteiger partial charge on any atom is 0.341 e. The van der Waals surface area contributed by atoms with Crippen LogP contribution in [0.15, 0.2) is 72.9 Å². The highest BCUT2D eigenvalue weighted by Gasteiger charge is 2.18. The lowest BCUT2D eigenvalue weighted by Crippen LogP contribution is -2.10. The number of carbonyl (C=O) groups is 1. The lowest BCUT2D eigenvalue weighted by molar-refractivity contribution is -0.139. The fraction of sp³-hybridized carbons (Fsp3) is 0.138. The zero-order valence-electron chi connectivity index (χ0n) is 20.6. The summed E-state index contributed by atoms with van der Waals surface area (Å²) in [6.45, 7) is 1.59. The number of carboxylic acids is 1. The minimum absolute atomic E-state index is 0.160. The van der Waals surface area contributed by atoms with Crippen LogP contribution in [0.5, 0.6) is 17.2 Å². The third-order valence-corrected chi connectivity index (χ3v) is 6.89. The topological polar surface area (TPSA) is 90.8 Å². The molecule has 7 nitrogen and oxygen atoms in total. The largest absolute Gasteiger partial charge is 0.494 e. The number of pyridine rings is 1. The summed E-state index contributed by atoms with van der Waals surface area (Å²) in [6.07, 6.45) is 1.79. The molecular formula is C29H23FN2O5S. The average Bonchev–Trinajstić information content (AvgIpc) is 3.35. The predicted molar refractivity (Wildman–Crippen MR) is 143 cm³/mol. The Kier molecular flexibility index (Phi) is 7.19. The number of ether oxygens (including phenoxy) is 3. The molecule has 0 spiro atoms. The molecular weight excluding hydrogens is 507 g/mol. The van der Waals surface area contributed by atoms with Crippen molar-refractivity contribution >= 4 is 28.2 Å². The number of aromatic nitrogens is 2. The number of carboxylic acid groups (broad SMARTS) is 1. The van der Waals surface area contributed by atoms with E-state index in [-0.39, 0.29) is 12.4 Å². The molecule has 5 aromatic rings. The normalized spacial score (nSPS) is 10.9. The Balaban J connectivity index is 1.46. The quantitative estimate of drug-likeness (QED) is 0.232. The van der Waals surface area contributed by atoms with Crippen molar-refractivity contribution < 1.29 is 28.5 Å². The van der Waals surface area contributed by atoms with Crippen molar-refractivity contribution in [1.29, 1.82) is 0 Å². The molecule has 2 heterocycles. The second-order valence-corrected chi connectivity index (χ2v) is 9.53.